The predicted molar refractivity (Wildman–Crippen MR) is 63.3 cm³/mol. The van der Waals surface area contributed by atoms with Crippen molar-refractivity contribution in [3.63, 3.8) is 0 Å². The van der Waals surface area contributed by atoms with Gasteiger partial charge in [-0.3, -0.25) is 5.32 Å². The SMILES string of the molecule is COc1ccc(CC2C[C@@H](C)[C@@H]([N])N2)cc1. The van der Waals surface area contributed by atoms with Gasteiger partial charge in [0.2, 0.25) is 0 Å². The molecule has 1 unspecified atom stereocenters. The summed E-state index contributed by atoms with van der Waals surface area (Å²) in [7, 11) is 1.67. The van der Waals surface area contributed by atoms with Crippen molar-refractivity contribution in [1.29, 1.82) is 0 Å². The Morgan fingerprint density at radius 1 is 1.38 bits per heavy atom. The van der Waals surface area contributed by atoms with Crippen molar-refractivity contribution < 1.29 is 4.74 Å². The van der Waals surface area contributed by atoms with Crippen molar-refractivity contribution in [2.24, 2.45) is 5.92 Å². The second-order valence-electron chi connectivity index (χ2n) is 4.57. The van der Waals surface area contributed by atoms with Crippen LogP contribution in [0.2, 0.25) is 0 Å². The third-order valence-electron chi connectivity index (χ3n) is 3.24. The van der Waals surface area contributed by atoms with Crippen LogP contribution >= 0.6 is 0 Å². The molecule has 16 heavy (non-hydrogen) atoms. The van der Waals surface area contributed by atoms with Crippen molar-refractivity contribution >= 4 is 0 Å². The average Bonchev–Trinajstić information content (AvgIpc) is 2.59. The third kappa shape index (κ3) is 2.54. The van der Waals surface area contributed by atoms with Gasteiger partial charge in [-0.05, 0) is 36.5 Å². The number of benzene rings is 1. The Kier molecular flexibility index (Phi) is 3.46. The lowest BCUT2D eigenvalue weighted by Gasteiger charge is -2.11. The molecule has 0 aliphatic carbocycles. The van der Waals surface area contributed by atoms with Gasteiger partial charge >= 0.3 is 0 Å². The van der Waals surface area contributed by atoms with E-state index < -0.39 is 0 Å². The van der Waals surface area contributed by atoms with Crippen LogP contribution in [-0.4, -0.2) is 19.3 Å². The molecule has 0 amide bonds. The molecule has 0 bridgehead atoms. The van der Waals surface area contributed by atoms with E-state index in [4.69, 9.17) is 4.74 Å². The van der Waals surface area contributed by atoms with Gasteiger partial charge in [0.05, 0.1) is 13.3 Å². The summed E-state index contributed by atoms with van der Waals surface area (Å²) in [5.41, 5.74) is 10.9. The molecule has 0 saturated carbocycles. The van der Waals surface area contributed by atoms with Gasteiger partial charge in [0.1, 0.15) is 5.75 Å². The molecule has 1 heterocycles. The first-order valence-corrected chi connectivity index (χ1v) is 5.76. The smallest absolute Gasteiger partial charge is 0.118 e. The normalized spacial score (nSPS) is 29.3. The maximum Gasteiger partial charge on any atom is 0.118 e. The number of hydrogen-bond donors (Lipinski definition) is 1. The first-order valence-electron chi connectivity index (χ1n) is 5.76. The summed E-state index contributed by atoms with van der Waals surface area (Å²) in [4.78, 5) is 0. The molecule has 3 atom stereocenters. The topological polar surface area (TPSA) is 43.6 Å². The summed E-state index contributed by atoms with van der Waals surface area (Å²) in [6, 6.07) is 8.50. The zero-order valence-corrected chi connectivity index (χ0v) is 9.81. The third-order valence-corrected chi connectivity index (χ3v) is 3.24. The van der Waals surface area contributed by atoms with Gasteiger partial charge in [0.15, 0.2) is 0 Å². The molecule has 86 valence electrons. The summed E-state index contributed by atoms with van der Waals surface area (Å²) >= 11 is 0. The highest BCUT2D eigenvalue weighted by atomic mass is 16.5. The second kappa shape index (κ2) is 4.85. The molecule has 3 heteroatoms. The van der Waals surface area contributed by atoms with Gasteiger partial charge in [-0.15, -0.1) is 5.73 Å². The molecule has 0 spiro atoms. The molecule has 2 rings (SSSR count). The van der Waals surface area contributed by atoms with Crippen molar-refractivity contribution in [3.8, 4) is 5.75 Å². The van der Waals surface area contributed by atoms with Crippen LogP contribution in [0.3, 0.4) is 0 Å². The Morgan fingerprint density at radius 3 is 2.56 bits per heavy atom. The van der Waals surface area contributed by atoms with E-state index in [1.165, 1.54) is 5.56 Å². The molecule has 2 radical (unpaired) electrons. The quantitative estimate of drug-likeness (QED) is 0.838. The van der Waals surface area contributed by atoms with Crippen LogP contribution in [-0.2, 0) is 6.42 Å². The molecule has 1 N–H and O–H groups in total. The molecule has 1 fully saturated rings. The zero-order chi connectivity index (χ0) is 11.5. The van der Waals surface area contributed by atoms with Crippen molar-refractivity contribution in [1.82, 2.24) is 11.1 Å². The molecule has 1 aliphatic rings. The van der Waals surface area contributed by atoms with Crippen LogP contribution < -0.4 is 15.8 Å². The van der Waals surface area contributed by atoms with E-state index >= 15 is 0 Å². The van der Waals surface area contributed by atoms with Crippen molar-refractivity contribution in [3.05, 3.63) is 29.8 Å². The lowest BCUT2D eigenvalue weighted by molar-refractivity contribution is 0.414. The molecule has 1 saturated heterocycles. The van der Waals surface area contributed by atoms with Crippen LogP contribution in [0.4, 0.5) is 0 Å². The Bertz CT molecular complexity index is 326. The number of nitrogens with one attached hydrogen (secondary N) is 1. The summed E-state index contributed by atoms with van der Waals surface area (Å²) in [5, 5.41) is 3.20. The number of nitrogens with zero attached hydrogens (tertiary/aromatic N) is 1. The van der Waals surface area contributed by atoms with E-state index in [2.05, 4.69) is 24.4 Å². The first kappa shape index (κ1) is 11.4. The van der Waals surface area contributed by atoms with E-state index in [1.807, 2.05) is 12.1 Å². The lowest BCUT2D eigenvalue weighted by atomic mass is 10.0. The van der Waals surface area contributed by atoms with Gasteiger partial charge in [-0.1, -0.05) is 19.1 Å². The predicted octanol–water partition coefficient (Wildman–Crippen LogP) is 1.63. The second-order valence-corrected chi connectivity index (χ2v) is 4.57. The fraction of sp³-hybridized carbons (Fsp3) is 0.538. The van der Waals surface area contributed by atoms with E-state index in [-0.39, 0.29) is 6.17 Å². The summed E-state index contributed by atoms with van der Waals surface area (Å²) < 4.78 is 5.12. The summed E-state index contributed by atoms with van der Waals surface area (Å²) in [5.74, 6) is 1.24. The molecule has 1 aliphatic heterocycles. The van der Waals surface area contributed by atoms with Gasteiger partial charge in [-0.25, -0.2) is 0 Å². The van der Waals surface area contributed by atoms with E-state index in [0.29, 0.717) is 12.0 Å². The van der Waals surface area contributed by atoms with Crippen LogP contribution in [0.25, 0.3) is 0 Å². The largest absolute Gasteiger partial charge is 0.497 e. The van der Waals surface area contributed by atoms with Crippen LogP contribution in [0, 0.1) is 5.92 Å². The fourth-order valence-electron chi connectivity index (χ4n) is 2.24. The standard InChI is InChI=1S/C13H18N2O/c1-9-7-11(15-13(9)14)8-10-3-5-12(16-2)6-4-10/h3-6,9,11,13,15H,7-8H2,1-2H3/t9-,11?,13+/m1/s1. The lowest BCUT2D eigenvalue weighted by Crippen LogP contribution is -2.32. The molecule has 1 aromatic rings. The van der Waals surface area contributed by atoms with Gasteiger partial charge in [0.25, 0.3) is 0 Å². The molecule has 1 aromatic carbocycles. The Hall–Kier alpha value is -1.06. The number of ether oxygens (including phenoxy) is 1. The number of hydrogen-bond acceptors (Lipinski definition) is 2. The minimum Gasteiger partial charge on any atom is -0.497 e. The first-order chi connectivity index (χ1) is 7.69. The maximum absolute atomic E-state index is 9.60. The highest BCUT2D eigenvalue weighted by Gasteiger charge is 2.28. The fourth-order valence-corrected chi connectivity index (χ4v) is 2.24. The van der Waals surface area contributed by atoms with E-state index in [9.17, 15) is 5.73 Å². The van der Waals surface area contributed by atoms with E-state index in [1.54, 1.807) is 7.11 Å². The highest BCUT2D eigenvalue weighted by Crippen LogP contribution is 2.21. The van der Waals surface area contributed by atoms with Crippen LogP contribution in [0.15, 0.2) is 24.3 Å². The van der Waals surface area contributed by atoms with Crippen LogP contribution in [0.5, 0.6) is 5.75 Å². The average molecular weight is 218 g/mol. The van der Waals surface area contributed by atoms with Gasteiger partial charge < -0.3 is 4.74 Å². The Balaban J connectivity index is 1.94. The number of rotatable bonds is 3. The molecular formula is C13H18N2O. The zero-order valence-electron chi connectivity index (χ0n) is 9.81. The Morgan fingerprint density at radius 2 is 2.06 bits per heavy atom. The minimum absolute atomic E-state index is 0.344. The van der Waals surface area contributed by atoms with Crippen molar-refractivity contribution in [2.45, 2.75) is 32.0 Å². The molecular weight excluding hydrogens is 200 g/mol. The maximum atomic E-state index is 9.60. The molecule has 0 aromatic heterocycles. The summed E-state index contributed by atoms with van der Waals surface area (Å²) in [6.45, 7) is 2.08. The minimum atomic E-state index is -0.344. The van der Waals surface area contributed by atoms with Crippen molar-refractivity contribution in [2.75, 3.05) is 7.11 Å². The van der Waals surface area contributed by atoms with E-state index in [0.717, 1.165) is 18.6 Å². The number of methoxy groups -OCH3 is 1. The van der Waals surface area contributed by atoms with Gasteiger partial charge in [0, 0.05) is 6.04 Å². The van der Waals surface area contributed by atoms with Gasteiger partial charge in [-0.2, -0.15) is 0 Å². The Labute approximate surface area is 97.0 Å². The molecule has 3 nitrogen and oxygen atoms in total. The van der Waals surface area contributed by atoms with Crippen LogP contribution in [0.1, 0.15) is 18.9 Å². The highest BCUT2D eigenvalue weighted by molar-refractivity contribution is 5.27. The monoisotopic (exact) mass is 218 g/mol. The summed E-state index contributed by atoms with van der Waals surface area (Å²) in [6.07, 6.45) is 1.65.